The Balaban J connectivity index is 1.92. The summed E-state index contributed by atoms with van der Waals surface area (Å²) in [7, 11) is 0. The molecule has 4 nitrogen and oxygen atoms in total. The molecular weight excluding hydrogens is 230 g/mol. The summed E-state index contributed by atoms with van der Waals surface area (Å²) < 4.78 is 0. The minimum Gasteiger partial charge on any atom is -0.481 e. The summed E-state index contributed by atoms with van der Waals surface area (Å²) in [5.74, 6) is -0.557. The van der Waals surface area contributed by atoms with Gasteiger partial charge in [0.1, 0.15) is 0 Å². The van der Waals surface area contributed by atoms with Gasteiger partial charge in [-0.1, -0.05) is 20.3 Å². The first kappa shape index (κ1) is 13.4. The Morgan fingerprint density at radius 2 is 1.78 bits per heavy atom. The van der Waals surface area contributed by atoms with E-state index in [1.807, 2.05) is 0 Å². The molecule has 2 saturated carbocycles. The van der Waals surface area contributed by atoms with Crippen molar-refractivity contribution < 1.29 is 14.7 Å². The van der Waals surface area contributed by atoms with Crippen molar-refractivity contribution in [3.05, 3.63) is 0 Å². The van der Waals surface area contributed by atoms with Gasteiger partial charge in [0.25, 0.3) is 0 Å². The Hall–Kier alpha value is -1.06. The third-order valence-corrected chi connectivity index (χ3v) is 4.61. The molecule has 0 aromatic heterocycles. The number of hydrogen-bond acceptors (Lipinski definition) is 2. The Morgan fingerprint density at radius 1 is 1.17 bits per heavy atom. The first-order valence-electron chi connectivity index (χ1n) is 7.04. The molecule has 0 saturated heterocycles. The zero-order valence-electron chi connectivity index (χ0n) is 11.2. The number of amides is 1. The van der Waals surface area contributed by atoms with Crippen molar-refractivity contribution in [2.75, 3.05) is 0 Å². The Morgan fingerprint density at radius 3 is 2.28 bits per heavy atom. The van der Waals surface area contributed by atoms with E-state index in [1.54, 1.807) is 0 Å². The molecule has 18 heavy (non-hydrogen) atoms. The predicted molar refractivity (Wildman–Crippen MR) is 68.0 cm³/mol. The van der Waals surface area contributed by atoms with E-state index >= 15 is 0 Å². The highest BCUT2D eigenvalue weighted by atomic mass is 16.4. The lowest BCUT2D eigenvalue weighted by atomic mass is 9.81. The molecule has 102 valence electrons. The number of carbonyl (C=O) groups is 2. The number of aliphatic carboxylic acids is 1. The van der Waals surface area contributed by atoms with Crippen molar-refractivity contribution in [2.24, 2.45) is 23.7 Å². The van der Waals surface area contributed by atoms with Crippen molar-refractivity contribution >= 4 is 11.9 Å². The topological polar surface area (TPSA) is 66.4 Å². The Bertz CT molecular complexity index is 336. The highest BCUT2D eigenvalue weighted by Crippen LogP contribution is 2.39. The summed E-state index contributed by atoms with van der Waals surface area (Å²) in [5, 5.41) is 12.2. The molecule has 1 unspecified atom stereocenters. The summed E-state index contributed by atoms with van der Waals surface area (Å²) in [6, 6.07) is 0.280. The highest BCUT2D eigenvalue weighted by molar-refractivity contribution is 5.85. The number of nitrogens with one attached hydrogen (secondary N) is 1. The lowest BCUT2D eigenvalue weighted by Crippen LogP contribution is -2.47. The third-order valence-electron chi connectivity index (χ3n) is 4.61. The maximum absolute atomic E-state index is 12.2. The first-order valence-corrected chi connectivity index (χ1v) is 7.04. The predicted octanol–water partition coefficient (Wildman–Crippen LogP) is 2.04. The average Bonchev–Trinajstić information content (AvgIpc) is 2.71. The second kappa shape index (κ2) is 5.29. The van der Waals surface area contributed by atoms with Gasteiger partial charge in [-0.3, -0.25) is 9.59 Å². The van der Waals surface area contributed by atoms with E-state index in [-0.39, 0.29) is 17.9 Å². The van der Waals surface area contributed by atoms with Gasteiger partial charge in [-0.15, -0.1) is 0 Å². The second-order valence-corrected chi connectivity index (χ2v) is 6.08. The number of carbonyl (C=O) groups excluding carboxylic acids is 1. The van der Waals surface area contributed by atoms with E-state index in [0.29, 0.717) is 18.3 Å². The van der Waals surface area contributed by atoms with Crippen LogP contribution in [0.5, 0.6) is 0 Å². The number of carboxylic acid groups (broad SMARTS) is 1. The lowest BCUT2D eigenvalue weighted by Gasteiger charge is -2.34. The molecule has 2 fully saturated rings. The molecule has 0 aromatic carbocycles. The third kappa shape index (κ3) is 2.68. The molecule has 4 heteroatoms. The molecule has 2 rings (SSSR count). The van der Waals surface area contributed by atoms with Crippen molar-refractivity contribution in [2.45, 2.75) is 52.0 Å². The van der Waals surface area contributed by atoms with Crippen LogP contribution in [0.1, 0.15) is 46.0 Å². The van der Waals surface area contributed by atoms with Gasteiger partial charge in [0.05, 0.1) is 11.8 Å². The van der Waals surface area contributed by atoms with E-state index < -0.39 is 11.9 Å². The van der Waals surface area contributed by atoms with Crippen LogP contribution in [-0.4, -0.2) is 23.0 Å². The van der Waals surface area contributed by atoms with E-state index in [2.05, 4.69) is 19.2 Å². The molecule has 0 aromatic rings. The molecular formula is C14H23NO3. The van der Waals surface area contributed by atoms with E-state index in [4.69, 9.17) is 0 Å². The minimum atomic E-state index is -0.812. The molecule has 0 bridgehead atoms. The van der Waals surface area contributed by atoms with Crippen molar-refractivity contribution in [3.63, 3.8) is 0 Å². The van der Waals surface area contributed by atoms with Crippen molar-refractivity contribution in [1.82, 2.24) is 5.32 Å². The SMILES string of the molecule is CCC1C[C@H](C(=O)NC2CC(C)C2)[C@H](C(=O)O)C1. The van der Waals surface area contributed by atoms with Gasteiger partial charge in [0.2, 0.25) is 5.91 Å². The molecule has 2 aliphatic carbocycles. The van der Waals surface area contributed by atoms with Gasteiger partial charge >= 0.3 is 5.97 Å². The fourth-order valence-electron chi connectivity index (χ4n) is 3.37. The van der Waals surface area contributed by atoms with E-state index in [0.717, 1.165) is 25.7 Å². The van der Waals surface area contributed by atoms with Gasteiger partial charge in [-0.25, -0.2) is 0 Å². The summed E-state index contributed by atoms with van der Waals surface area (Å²) in [4.78, 5) is 23.4. The lowest BCUT2D eigenvalue weighted by molar-refractivity contribution is -0.146. The van der Waals surface area contributed by atoms with Crippen LogP contribution in [0.2, 0.25) is 0 Å². The Labute approximate surface area is 108 Å². The number of carboxylic acids is 1. The Kier molecular flexibility index (Phi) is 3.93. The molecule has 2 aliphatic rings. The smallest absolute Gasteiger partial charge is 0.307 e. The molecule has 0 spiro atoms. The van der Waals surface area contributed by atoms with Crippen LogP contribution >= 0.6 is 0 Å². The zero-order valence-corrected chi connectivity index (χ0v) is 11.2. The van der Waals surface area contributed by atoms with Crippen LogP contribution in [0.3, 0.4) is 0 Å². The monoisotopic (exact) mass is 253 g/mol. The maximum atomic E-state index is 12.2. The number of rotatable bonds is 4. The largest absolute Gasteiger partial charge is 0.481 e. The first-order chi connectivity index (χ1) is 8.51. The van der Waals surface area contributed by atoms with Crippen molar-refractivity contribution in [1.29, 1.82) is 0 Å². The fraction of sp³-hybridized carbons (Fsp3) is 0.857. The van der Waals surface area contributed by atoms with E-state index in [9.17, 15) is 14.7 Å². The van der Waals surface area contributed by atoms with Crippen LogP contribution in [0, 0.1) is 23.7 Å². The van der Waals surface area contributed by atoms with Gasteiger partial charge < -0.3 is 10.4 Å². The summed E-state index contributed by atoms with van der Waals surface area (Å²) in [5.41, 5.74) is 0. The summed E-state index contributed by atoms with van der Waals surface area (Å²) in [6.07, 6.45) is 4.43. The molecule has 3 atom stereocenters. The average molecular weight is 253 g/mol. The van der Waals surface area contributed by atoms with Crippen LogP contribution in [0.25, 0.3) is 0 Å². The van der Waals surface area contributed by atoms with Crippen molar-refractivity contribution in [3.8, 4) is 0 Å². The minimum absolute atomic E-state index is 0.0322. The molecule has 0 heterocycles. The zero-order chi connectivity index (χ0) is 13.3. The van der Waals surface area contributed by atoms with Crippen LogP contribution in [-0.2, 0) is 9.59 Å². The molecule has 1 amide bonds. The van der Waals surface area contributed by atoms with Gasteiger partial charge in [0.15, 0.2) is 0 Å². The van der Waals surface area contributed by atoms with Gasteiger partial charge in [0, 0.05) is 6.04 Å². The summed E-state index contributed by atoms with van der Waals surface area (Å²) in [6.45, 7) is 4.24. The maximum Gasteiger partial charge on any atom is 0.307 e. The normalized spacial score (nSPS) is 39.1. The van der Waals surface area contributed by atoms with Crippen LogP contribution in [0.4, 0.5) is 0 Å². The van der Waals surface area contributed by atoms with E-state index in [1.165, 1.54) is 0 Å². The van der Waals surface area contributed by atoms with Gasteiger partial charge in [-0.05, 0) is 37.5 Å². The quantitative estimate of drug-likeness (QED) is 0.805. The standard InChI is InChI=1S/C14H23NO3/c1-3-9-6-11(12(7-9)14(17)18)13(16)15-10-4-8(2)5-10/h8-12H,3-7H2,1-2H3,(H,15,16)(H,17,18)/t8?,9?,10?,11-,12+/m0/s1. The number of hydrogen-bond donors (Lipinski definition) is 2. The second-order valence-electron chi connectivity index (χ2n) is 6.08. The molecule has 2 N–H and O–H groups in total. The fourth-order valence-corrected chi connectivity index (χ4v) is 3.37. The summed E-state index contributed by atoms with van der Waals surface area (Å²) >= 11 is 0. The highest BCUT2D eigenvalue weighted by Gasteiger charge is 2.43. The van der Waals surface area contributed by atoms with Gasteiger partial charge in [-0.2, -0.15) is 0 Å². The molecule has 0 aliphatic heterocycles. The van der Waals surface area contributed by atoms with Crippen LogP contribution in [0.15, 0.2) is 0 Å². The molecule has 0 radical (unpaired) electrons. The van der Waals surface area contributed by atoms with Crippen LogP contribution < -0.4 is 5.32 Å².